The Morgan fingerprint density at radius 2 is 0.961 bits per heavy atom. The molecule has 0 amide bonds. The highest BCUT2D eigenvalue weighted by atomic mass is 16.3. The molecule has 8 aromatic carbocycles. The van der Waals surface area contributed by atoms with Crippen LogP contribution in [0.25, 0.3) is 111 Å². The maximum atomic E-state index is 6.58. The summed E-state index contributed by atoms with van der Waals surface area (Å²) in [6.45, 7) is 0. The van der Waals surface area contributed by atoms with E-state index in [-0.39, 0.29) is 0 Å². The largest absolute Gasteiger partial charge is 0.456 e. The maximum Gasteiger partial charge on any atom is 0.165 e. The zero-order valence-corrected chi connectivity index (χ0v) is 27.3. The van der Waals surface area contributed by atoms with E-state index < -0.39 is 0 Å². The normalized spacial score (nSPS) is 11.9. The van der Waals surface area contributed by atoms with Crippen molar-refractivity contribution in [2.24, 2.45) is 0 Å². The first kappa shape index (κ1) is 28.0. The molecular weight excluding hydrogens is 623 g/mol. The maximum absolute atomic E-state index is 6.58. The summed E-state index contributed by atoms with van der Waals surface area (Å²) in [4.78, 5) is 15.8. The Morgan fingerprint density at radius 1 is 0.333 bits per heavy atom. The highest BCUT2D eigenvalue weighted by Crippen LogP contribution is 2.54. The van der Waals surface area contributed by atoms with Crippen LogP contribution < -0.4 is 0 Å². The molecule has 4 nitrogen and oxygen atoms in total. The first-order chi connectivity index (χ1) is 25.3. The van der Waals surface area contributed by atoms with Gasteiger partial charge in [-0.1, -0.05) is 140 Å². The van der Waals surface area contributed by atoms with Crippen molar-refractivity contribution in [2.75, 3.05) is 0 Å². The molecule has 2 aromatic heterocycles. The van der Waals surface area contributed by atoms with Crippen LogP contribution in [0.1, 0.15) is 0 Å². The molecule has 0 N–H and O–H groups in total. The number of para-hydroxylation sites is 1. The van der Waals surface area contributed by atoms with E-state index in [1.807, 2.05) is 36.4 Å². The number of benzene rings is 8. The second-order valence-corrected chi connectivity index (χ2v) is 13.2. The van der Waals surface area contributed by atoms with Crippen molar-refractivity contribution >= 4 is 43.5 Å². The summed E-state index contributed by atoms with van der Waals surface area (Å²) < 4.78 is 6.58. The van der Waals surface area contributed by atoms with Crippen LogP contribution in [0.5, 0.6) is 0 Å². The molecule has 11 rings (SSSR count). The van der Waals surface area contributed by atoms with Crippen molar-refractivity contribution < 1.29 is 4.42 Å². The van der Waals surface area contributed by atoms with Crippen molar-refractivity contribution in [3.63, 3.8) is 0 Å². The van der Waals surface area contributed by atoms with Gasteiger partial charge in [0.25, 0.3) is 0 Å². The summed E-state index contributed by atoms with van der Waals surface area (Å²) >= 11 is 0. The summed E-state index contributed by atoms with van der Waals surface area (Å²) in [5.41, 5.74) is 11.5. The Hall–Kier alpha value is -6.91. The molecule has 0 unspecified atom stereocenters. The van der Waals surface area contributed by atoms with Crippen molar-refractivity contribution in [1.82, 2.24) is 15.0 Å². The summed E-state index contributed by atoms with van der Waals surface area (Å²) in [7, 11) is 0. The molecule has 0 saturated heterocycles. The Balaban J connectivity index is 1.20. The molecule has 0 saturated carbocycles. The number of hydrogen-bond acceptors (Lipinski definition) is 4. The van der Waals surface area contributed by atoms with Crippen LogP contribution in [-0.2, 0) is 0 Å². The number of furan rings is 1. The van der Waals surface area contributed by atoms with Crippen molar-refractivity contribution in [2.45, 2.75) is 0 Å². The summed E-state index contributed by atoms with van der Waals surface area (Å²) in [6, 6.07) is 57.3. The van der Waals surface area contributed by atoms with E-state index in [4.69, 9.17) is 19.4 Å². The predicted molar refractivity (Wildman–Crippen MR) is 208 cm³/mol. The van der Waals surface area contributed by atoms with E-state index in [2.05, 4.69) is 127 Å². The first-order valence-corrected chi connectivity index (χ1v) is 17.2. The number of aromatic nitrogens is 3. The number of nitrogens with zero attached hydrogens (tertiary/aromatic N) is 3. The molecule has 4 heteroatoms. The summed E-state index contributed by atoms with van der Waals surface area (Å²) in [5.74, 6) is 1.87. The van der Waals surface area contributed by atoms with Gasteiger partial charge in [0.05, 0.1) is 0 Å². The first-order valence-electron chi connectivity index (χ1n) is 17.2. The minimum Gasteiger partial charge on any atom is -0.456 e. The molecule has 0 aliphatic heterocycles. The van der Waals surface area contributed by atoms with E-state index in [1.165, 1.54) is 33.0 Å². The predicted octanol–water partition coefficient (Wildman–Crippen LogP) is 12.4. The van der Waals surface area contributed by atoms with E-state index in [9.17, 15) is 0 Å². The molecule has 10 aromatic rings. The second kappa shape index (κ2) is 10.8. The van der Waals surface area contributed by atoms with Gasteiger partial charge in [-0.05, 0) is 73.6 Å². The van der Waals surface area contributed by atoms with Gasteiger partial charge in [0.2, 0.25) is 0 Å². The molecule has 0 radical (unpaired) electrons. The highest BCUT2D eigenvalue weighted by Gasteiger charge is 2.30. The Bertz CT molecular complexity index is 3010. The standard InChI is InChI=1S/C47H27N3O/c1-3-11-28(12-4-1)31-21-22-33-26-34(24-23-32(33)25-31)46-48-45(30-13-5-2-6-14-30)49-47(50-46)44-42-37-19-10-16-29-15-9-18-35(41(29)37)38(42)27-40-43(44)36-17-7-8-20-39(36)51-40/h1-27H. The fourth-order valence-corrected chi connectivity index (χ4v) is 7.90. The monoisotopic (exact) mass is 649 g/mol. The molecule has 0 bridgehead atoms. The fourth-order valence-electron chi connectivity index (χ4n) is 7.90. The topological polar surface area (TPSA) is 51.8 Å². The summed E-state index contributed by atoms with van der Waals surface area (Å²) in [5, 5.41) is 6.79. The lowest BCUT2D eigenvalue weighted by atomic mass is 9.93. The molecule has 0 spiro atoms. The van der Waals surface area contributed by atoms with Gasteiger partial charge in [0, 0.05) is 33.0 Å². The van der Waals surface area contributed by atoms with Crippen LogP contribution in [0.15, 0.2) is 168 Å². The number of hydrogen-bond donors (Lipinski definition) is 0. The molecule has 2 heterocycles. The van der Waals surface area contributed by atoms with Gasteiger partial charge in [0.15, 0.2) is 17.5 Å². The average molecular weight is 650 g/mol. The van der Waals surface area contributed by atoms with Crippen molar-refractivity contribution in [3.05, 3.63) is 164 Å². The molecule has 0 atom stereocenters. The van der Waals surface area contributed by atoms with Crippen molar-refractivity contribution in [1.29, 1.82) is 0 Å². The SMILES string of the molecule is c1ccc(-c2ccc3cc(-c4nc(-c5ccccc5)nc(-c5c6c(cc7oc8ccccc8c57)-c5cccc7cccc-6c57)n4)ccc3c2)cc1. The summed E-state index contributed by atoms with van der Waals surface area (Å²) in [6.07, 6.45) is 0. The van der Waals surface area contributed by atoms with E-state index in [0.29, 0.717) is 17.5 Å². The molecule has 51 heavy (non-hydrogen) atoms. The van der Waals surface area contributed by atoms with Gasteiger partial charge in [-0.2, -0.15) is 0 Å². The second-order valence-electron chi connectivity index (χ2n) is 13.2. The van der Waals surface area contributed by atoms with Gasteiger partial charge in [-0.3, -0.25) is 0 Å². The van der Waals surface area contributed by atoms with E-state index in [1.54, 1.807) is 0 Å². The lowest BCUT2D eigenvalue weighted by Crippen LogP contribution is -2.01. The van der Waals surface area contributed by atoms with Gasteiger partial charge < -0.3 is 4.42 Å². The molecule has 236 valence electrons. The fraction of sp³-hybridized carbons (Fsp3) is 0. The van der Waals surface area contributed by atoms with Gasteiger partial charge in [-0.15, -0.1) is 0 Å². The molecule has 0 fully saturated rings. The molecule has 1 aliphatic rings. The molecular formula is C47H27N3O. The lowest BCUT2D eigenvalue weighted by molar-refractivity contribution is 0.669. The average Bonchev–Trinajstić information content (AvgIpc) is 3.73. The van der Waals surface area contributed by atoms with Crippen LogP contribution in [0.2, 0.25) is 0 Å². The quantitative estimate of drug-likeness (QED) is 0.190. The third-order valence-corrected chi connectivity index (χ3v) is 10.2. The van der Waals surface area contributed by atoms with Crippen LogP contribution >= 0.6 is 0 Å². The zero-order valence-electron chi connectivity index (χ0n) is 27.3. The van der Waals surface area contributed by atoms with Crippen LogP contribution in [-0.4, -0.2) is 15.0 Å². The van der Waals surface area contributed by atoms with E-state index in [0.717, 1.165) is 60.5 Å². The smallest absolute Gasteiger partial charge is 0.165 e. The highest BCUT2D eigenvalue weighted by molar-refractivity contribution is 6.25. The third-order valence-electron chi connectivity index (χ3n) is 10.2. The van der Waals surface area contributed by atoms with Crippen LogP contribution in [0, 0.1) is 0 Å². The number of fused-ring (bicyclic) bond motifs is 7. The Morgan fingerprint density at radius 3 is 1.75 bits per heavy atom. The minimum atomic E-state index is 0.622. The molecule has 1 aliphatic carbocycles. The van der Waals surface area contributed by atoms with Crippen LogP contribution in [0.4, 0.5) is 0 Å². The Kier molecular flexibility index (Phi) is 5.92. The van der Waals surface area contributed by atoms with Crippen molar-refractivity contribution in [3.8, 4) is 67.5 Å². The van der Waals surface area contributed by atoms with Crippen LogP contribution in [0.3, 0.4) is 0 Å². The van der Waals surface area contributed by atoms with Gasteiger partial charge in [0.1, 0.15) is 11.2 Å². The zero-order chi connectivity index (χ0) is 33.5. The third kappa shape index (κ3) is 4.30. The number of rotatable bonds is 4. The lowest BCUT2D eigenvalue weighted by Gasteiger charge is -2.14. The minimum absolute atomic E-state index is 0.622. The van der Waals surface area contributed by atoms with E-state index >= 15 is 0 Å². The van der Waals surface area contributed by atoms with Gasteiger partial charge >= 0.3 is 0 Å². The Labute approximate surface area is 293 Å². The van der Waals surface area contributed by atoms with Gasteiger partial charge in [-0.25, -0.2) is 15.0 Å².